The van der Waals surface area contributed by atoms with Gasteiger partial charge < -0.3 is 4.74 Å². The van der Waals surface area contributed by atoms with Gasteiger partial charge in [-0.15, -0.1) is 0 Å². The normalized spacial score (nSPS) is 23.3. The van der Waals surface area contributed by atoms with E-state index in [0.29, 0.717) is 19.1 Å². The van der Waals surface area contributed by atoms with E-state index in [-0.39, 0.29) is 29.4 Å². The summed E-state index contributed by atoms with van der Waals surface area (Å²) in [4.78, 5) is 10.4. The topological polar surface area (TPSA) is 114 Å². The molecule has 0 bridgehead atoms. The lowest BCUT2D eigenvalue weighted by molar-refractivity contribution is -0.385. The van der Waals surface area contributed by atoms with Gasteiger partial charge in [0, 0.05) is 30.9 Å². The molecule has 10 heteroatoms. The molecule has 0 radical (unpaired) electrons. The Kier molecular flexibility index (Phi) is 6.08. The van der Waals surface area contributed by atoms with E-state index in [2.05, 4.69) is 17.5 Å². The Balaban J connectivity index is 1.95. The Morgan fingerprint density at radius 1 is 1.30 bits per heavy atom. The average molecular weight is 396 g/mol. The van der Waals surface area contributed by atoms with Crippen LogP contribution in [0, 0.1) is 16.0 Å². The van der Waals surface area contributed by atoms with Gasteiger partial charge in [-0.1, -0.05) is 13.3 Å². The highest BCUT2D eigenvalue weighted by Gasteiger charge is 2.30. The highest BCUT2D eigenvalue weighted by atomic mass is 32.2. The summed E-state index contributed by atoms with van der Waals surface area (Å²) in [5, 5.41) is 15.6. The van der Waals surface area contributed by atoms with Crippen molar-refractivity contribution in [2.24, 2.45) is 11.0 Å². The van der Waals surface area contributed by atoms with E-state index in [0.717, 1.165) is 37.5 Å². The number of hydrogen-bond acceptors (Lipinski definition) is 7. The van der Waals surface area contributed by atoms with Crippen LogP contribution in [0.1, 0.15) is 32.6 Å². The van der Waals surface area contributed by atoms with Crippen LogP contribution in [0.2, 0.25) is 0 Å². The van der Waals surface area contributed by atoms with Crippen LogP contribution in [0.25, 0.3) is 0 Å². The lowest BCUT2D eigenvalue weighted by atomic mass is 9.89. The van der Waals surface area contributed by atoms with Crippen LogP contribution in [-0.2, 0) is 14.8 Å². The molecule has 0 spiro atoms. The molecule has 9 nitrogen and oxygen atoms in total. The highest BCUT2D eigenvalue weighted by molar-refractivity contribution is 7.89. The van der Waals surface area contributed by atoms with Gasteiger partial charge in [0.25, 0.3) is 5.69 Å². The van der Waals surface area contributed by atoms with Gasteiger partial charge in [-0.2, -0.15) is 9.41 Å². The van der Waals surface area contributed by atoms with Crippen LogP contribution in [-0.4, -0.2) is 49.7 Å². The van der Waals surface area contributed by atoms with Crippen molar-refractivity contribution in [3.8, 4) is 0 Å². The van der Waals surface area contributed by atoms with Gasteiger partial charge >= 0.3 is 0 Å². The Morgan fingerprint density at radius 2 is 2.04 bits per heavy atom. The zero-order valence-electron chi connectivity index (χ0n) is 15.3. The third kappa shape index (κ3) is 4.45. The van der Waals surface area contributed by atoms with Gasteiger partial charge in [0.05, 0.1) is 23.8 Å². The molecule has 1 N–H and O–H groups in total. The van der Waals surface area contributed by atoms with Gasteiger partial charge in [0.1, 0.15) is 4.90 Å². The van der Waals surface area contributed by atoms with Crippen molar-refractivity contribution in [1.29, 1.82) is 0 Å². The number of hydrazone groups is 1. The van der Waals surface area contributed by atoms with E-state index in [4.69, 9.17) is 4.74 Å². The first-order valence-electron chi connectivity index (χ1n) is 9.08. The molecule has 27 heavy (non-hydrogen) atoms. The van der Waals surface area contributed by atoms with Crippen LogP contribution in [0.5, 0.6) is 0 Å². The van der Waals surface area contributed by atoms with E-state index >= 15 is 0 Å². The molecule has 1 aliphatic carbocycles. The van der Waals surface area contributed by atoms with Crippen LogP contribution >= 0.6 is 0 Å². The Hall–Kier alpha value is -2.04. The van der Waals surface area contributed by atoms with E-state index in [1.807, 2.05) is 0 Å². The second-order valence-electron chi connectivity index (χ2n) is 6.82. The van der Waals surface area contributed by atoms with Crippen molar-refractivity contribution in [1.82, 2.24) is 4.31 Å². The fourth-order valence-corrected chi connectivity index (χ4v) is 4.89. The number of morpholine rings is 1. The van der Waals surface area contributed by atoms with Crippen LogP contribution in [0.4, 0.5) is 11.4 Å². The number of sulfonamides is 1. The maximum absolute atomic E-state index is 13.1. The Labute approximate surface area is 158 Å². The largest absolute Gasteiger partial charge is 0.379 e. The van der Waals surface area contributed by atoms with Gasteiger partial charge in [-0.25, -0.2) is 8.42 Å². The molecule has 1 saturated carbocycles. The van der Waals surface area contributed by atoms with Crippen molar-refractivity contribution >= 4 is 27.1 Å². The molecule has 0 amide bonds. The number of nitrogens with one attached hydrogen (secondary N) is 1. The second kappa shape index (κ2) is 8.32. The predicted molar refractivity (Wildman–Crippen MR) is 101 cm³/mol. The molecular formula is C17H24N4O5S. The number of nitro benzene ring substituents is 1. The minimum atomic E-state index is -3.90. The molecule has 2 aliphatic rings. The van der Waals surface area contributed by atoms with E-state index < -0.39 is 14.9 Å². The third-order valence-electron chi connectivity index (χ3n) is 4.97. The van der Waals surface area contributed by atoms with Gasteiger partial charge in [-0.3, -0.25) is 15.5 Å². The number of hydrogen-bond donors (Lipinski definition) is 1. The van der Waals surface area contributed by atoms with Gasteiger partial charge in [0.15, 0.2) is 0 Å². The molecule has 0 aromatic heterocycles. The number of non-ortho nitro benzene ring substituents is 1. The molecule has 1 aliphatic heterocycles. The standard InChI is InChI=1S/C17H24N4O5S/c1-13-4-2-3-5-15(13)18-19-16-7-6-14(21(22)23)12-17(16)27(24,25)20-8-10-26-11-9-20/h6-7,12-13,19H,2-5,8-11H2,1H3/b18-15-. The summed E-state index contributed by atoms with van der Waals surface area (Å²) in [7, 11) is -3.90. The molecular weight excluding hydrogens is 372 g/mol. The lowest BCUT2D eigenvalue weighted by Crippen LogP contribution is -2.40. The van der Waals surface area contributed by atoms with Gasteiger partial charge in [0.2, 0.25) is 10.0 Å². The number of nitro groups is 1. The summed E-state index contributed by atoms with van der Waals surface area (Å²) < 4.78 is 32.6. The maximum Gasteiger partial charge on any atom is 0.270 e. The number of nitrogens with zero attached hydrogens (tertiary/aromatic N) is 3. The van der Waals surface area contributed by atoms with Crippen LogP contribution in [0.15, 0.2) is 28.2 Å². The molecule has 2 fully saturated rings. The maximum atomic E-state index is 13.1. The number of rotatable bonds is 5. The zero-order valence-corrected chi connectivity index (χ0v) is 16.1. The zero-order chi connectivity index (χ0) is 19.4. The number of anilines is 1. The van der Waals surface area contributed by atoms with Crippen molar-refractivity contribution in [3.05, 3.63) is 28.3 Å². The molecule has 148 valence electrons. The molecule has 3 rings (SSSR count). The first-order chi connectivity index (χ1) is 12.9. The SMILES string of the molecule is CC1CCCC/C1=N/Nc1ccc([N+](=O)[O-])cc1S(=O)(=O)N1CCOCC1. The molecule has 1 heterocycles. The van der Waals surface area contributed by atoms with Crippen molar-refractivity contribution < 1.29 is 18.1 Å². The molecule has 1 aromatic rings. The quantitative estimate of drug-likeness (QED) is 0.604. The minimum Gasteiger partial charge on any atom is -0.379 e. The summed E-state index contributed by atoms with van der Waals surface area (Å²) in [5.74, 6) is 0.337. The Morgan fingerprint density at radius 3 is 2.70 bits per heavy atom. The Bertz CT molecular complexity index is 834. The number of benzene rings is 1. The first-order valence-corrected chi connectivity index (χ1v) is 10.5. The summed E-state index contributed by atoms with van der Waals surface area (Å²) >= 11 is 0. The van der Waals surface area contributed by atoms with Crippen molar-refractivity contribution in [2.45, 2.75) is 37.5 Å². The smallest absolute Gasteiger partial charge is 0.270 e. The first kappa shape index (κ1) is 19.7. The van der Waals surface area contributed by atoms with Gasteiger partial charge in [-0.05, 0) is 31.2 Å². The van der Waals surface area contributed by atoms with E-state index in [1.165, 1.54) is 16.4 Å². The predicted octanol–water partition coefficient (Wildman–Crippen LogP) is 2.59. The lowest BCUT2D eigenvalue weighted by Gasteiger charge is -2.27. The van der Waals surface area contributed by atoms with Crippen molar-refractivity contribution in [3.63, 3.8) is 0 Å². The van der Waals surface area contributed by atoms with Crippen molar-refractivity contribution in [2.75, 3.05) is 31.7 Å². The molecule has 1 saturated heterocycles. The second-order valence-corrected chi connectivity index (χ2v) is 8.72. The monoisotopic (exact) mass is 396 g/mol. The van der Waals surface area contributed by atoms with Crippen LogP contribution < -0.4 is 5.43 Å². The third-order valence-corrected chi connectivity index (χ3v) is 6.91. The summed E-state index contributed by atoms with van der Waals surface area (Å²) in [6.45, 7) is 3.14. The fraction of sp³-hybridized carbons (Fsp3) is 0.588. The molecule has 1 atom stereocenters. The number of ether oxygens (including phenoxy) is 1. The average Bonchev–Trinajstić information content (AvgIpc) is 2.68. The summed E-state index contributed by atoms with van der Waals surface area (Å²) in [6, 6.07) is 3.78. The minimum absolute atomic E-state index is 0.133. The summed E-state index contributed by atoms with van der Waals surface area (Å²) in [5.41, 5.74) is 3.82. The van der Waals surface area contributed by atoms with E-state index in [1.54, 1.807) is 0 Å². The summed E-state index contributed by atoms with van der Waals surface area (Å²) in [6.07, 6.45) is 4.14. The molecule has 1 unspecified atom stereocenters. The van der Waals surface area contributed by atoms with Crippen LogP contribution in [0.3, 0.4) is 0 Å². The molecule has 1 aromatic carbocycles. The van der Waals surface area contributed by atoms with E-state index in [9.17, 15) is 18.5 Å². The fourth-order valence-electron chi connectivity index (χ4n) is 3.32. The highest BCUT2D eigenvalue weighted by Crippen LogP contribution is 2.30.